The van der Waals surface area contributed by atoms with Crippen molar-refractivity contribution in [3.8, 4) is 0 Å². The van der Waals surface area contributed by atoms with Crippen LogP contribution in [0.5, 0.6) is 0 Å². The Morgan fingerprint density at radius 3 is 2.59 bits per heavy atom. The first-order valence-corrected chi connectivity index (χ1v) is 11.3. The lowest BCUT2D eigenvalue weighted by Crippen LogP contribution is -2.40. The maximum Gasteiger partial charge on any atom is 0.251 e. The monoisotopic (exact) mass is 396 g/mol. The van der Waals surface area contributed by atoms with Crippen molar-refractivity contribution in [3.05, 3.63) is 29.3 Å². The molecule has 1 aromatic carbocycles. The van der Waals surface area contributed by atoms with Gasteiger partial charge in [0.15, 0.2) is 0 Å². The van der Waals surface area contributed by atoms with Crippen molar-refractivity contribution in [2.45, 2.75) is 51.3 Å². The number of unbranched alkanes of at least 4 members (excludes halogenated alkanes) is 1. The molecule has 152 valence electrons. The maximum atomic E-state index is 12.8. The van der Waals surface area contributed by atoms with Crippen molar-refractivity contribution in [2.75, 3.05) is 32.8 Å². The summed E-state index contributed by atoms with van der Waals surface area (Å²) in [4.78, 5) is 12.8. The SMILES string of the molecule is CCCC[C@@H](CC)CNC(=O)c1cc(S(=O)(=O)N2CCOCC2)ccc1C. The fourth-order valence-electron chi connectivity index (χ4n) is 3.22. The van der Waals surface area contributed by atoms with Gasteiger partial charge in [0.05, 0.1) is 18.1 Å². The summed E-state index contributed by atoms with van der Waals surface area (Å²) in [5, 5.41) is 2.99. The molecule has 1 aromatic rings. The first-order valence-electron chi connectivity index (χ1n) is 9.86. The van der Waals surface area contributed by atoms with Gasteiger partial charge in [0.2, 0.25) is 10.0 Å². The standard InChI is InChI=1S/C20H32N2O4S/c1-4-6-7-17(5-2)15-21-20(23)19-14-18(9-8-16(19)3)27(24,25)22-10-12-26-13-11-22/h8-9,14,17H,4-7,10-13,15H2,1-3H3,(H,21,23)/t17-/m1/s1. The molecular formula is C20H32N2O4S. The molecule has 2 rings (SSSR count). The summed E-state index contributed by atoms with van der Waals surface area (Å²) in [6, 6.07) is 4.78. The normalized spacial score (nSPS) is 16.9. The Hall–Kier alpha value is -1.44. The summed E-state index contributed by atoms with van der Waals surface area (Å²) in [7, 11) is -3.61. The molecule has 1 heterocycles. The van der Waals surface area contributed by atoms with Crippen LogP contribution in [0.25, 0.3) is 0 Å². The number of carbonyl (C=O) groups excluding carboxylic acids is 1. The van der Waals surface area contributed by atoms with E-state index in [1.165, 1.54) is 10.4 Å². The van der Waals surface area contributed by atoms with Crippen LogP contribution < -0.4 is 5.32 Å². The van der Waals surface area contributed by atoms with Gasteiger partial charge < -0.3 is 10.1 Å². The van der Waals surface area contributed by atoms with E-state index in [9.17, 15) is 13.2 Å². The molecule has 1 atom stereocenters. The zero-order chi connectivity index (χ0) is 19.9. The van der Waals surface area contributed by atoms with Crippen LogP contribution in [-0.2, 0) is 14.8 Å². The highest BCUT2D eigenvalue weighted by Gasteiger charge is 2.27. The molecular weight excluding hydrogens is 364 g/mol. The van der Waals surface area contributed by atoms with Crippen LogP contribution in [-0.4, -0.2) is 51.5 Å². The number of rotatable bonds is 9. The van der Waals surface area contributed by atoms with E-state index in [0.29, 0.717) is 44.3 Å². The van der Waals surface area contributed by atoms with E-state index >= 15 is 0 Å². The van der Waals surface area contributed by atoms with Crippen molar-refractivity contribution in [1.29, 1.82) is 0 Å². The molecule has 0 saturated carbocycles. The molecule has 1 amide bonds. The van der Waals surface area contributed by atoms with Crippen molar-refractivity contribution < 1.29 is 17.9 Å². The summed E-state index contributed by atoms with van der Waals surface area (Å²) in [6.07, 6.45) is 4.41. The van der Waals surface area contributed by atoms with Crippen molar-refractivity contribution >= 4 is 15.9 Å². The number of amides is 1. The average Bonchev–Trinajstić information content (AvgIpc) is 2.68. The first kappa shape index (κ1) is 21.9. The number of benzene rings is 1. The number of sulfonamides is 1. The maximum absolute atomic E-state index is 12.8. The van der Waals surface area contributed by atoms with Gasteiger partial charge in [-0.2, -0.15) is 4.31 Å². The minimum absolute atomic E-state index is 0.165. The van der Waals surface area contributed by atoms with Crippen LogP contribution in [0.3, 0.4) is 0 Å². The predicted octanol–water partition coefficient (Wildman–Crippen LogP) is 2.96. The van der Waals surface area contributed by atoms with Crippen LogP contribution in [0.15, 0.2) is 23.1 Å². The number of ether oxygens (including phenoxy) is 1. The largest absolute Gasteiger partial charge is 0.379 e. The van der Waals surface area contributed by atoms with Crippen molar-refractivity contribution in [2.24, 2.45) is 5.92 Å². The Morgan fingerprint density at radius 1 is 1.26 bits per heavy atom. The van der Waals surface area contributed by atoms with E-state index in [-0.39, 0.29) is 10.8 Å². The summed E-state index contributed by atoms with van der Waals surface area (Å²) in [5.74, 6) is 0.246. The minimum atomic E-state index is -3.61. The van der Waals surface area contributed by atoms with Crippen molar-refractivity contribution in [1.82, 2.24) is 9.62 Å². The second kappa shape index (κ2) is 10.2. The van der Waals surface area contributed by atoms with Crippen LogP contribution in [0, 0.1) is 12.8 Å². The molecule has 1 fully saturated rings. The Morgan fingerprint density at radius 2 is 1.96 bits per heavy atom. The van der Waals surface area contributed by atoms with Crippen LogP contribution in [0.4, 0.5) is 0 Å². The van der Waals surface area contributed by atoms with Crippen LogP contribution in [0.2, 0.25) is 0 Å². The van der Waals surface area contributed by atoms with Gasteiger partial charge in [-0.1, -0.05) is 39.2 Å². The molecule has 1 aliphatic heterocycles. The topological polar surface area (TPSA) is 75.7 Å². The average molecular weight is 397 g/mol. The highest BCUT2D eigenvalue weighted by atomic mass is 32.2. The lowest BCUT2D eigenvalue weighted by molar-refractivity contribution is 0.0730. The molecule has 0 radical (unpaired) electrons. The Labute approximate surface area is 163 Å². The van der Waals surface area contributed by atoms with E-state index in [1.807, 2.05) is 6.92 Å². The quantitative estimate of drug-likeness (QED) is 0.696. The fourth-order valence-corrected chi connectivity index (χ4v) is 4.65. The van der Waals surface area contributed by atoms with E-state index in [1.54, 1.807) is 12.1 Å². The summed E-state index contributed by atoms with van der Waals surface area (Å²) in [6.45, 7) is 8.22. The third-order valence-electron chi connectivity index (χ3n) is 5.16. The zero-order valence-corrected chi connectivity index (χ0v) is 17.5. The second-order valence-electron chi connectivity index (χ2n) is 7.12. The van der Waals surface area contributed by atoms with Gasteiger partial charge in [-0.3, -0.25) is 4.79 Å². The van der Waals surface area contributed by atoms with Gasteiger partial charge in [0, 0.05) is 25.2 Å². The third-order valence-corrected chi connectivity index (χ3v) is 7.05. The molecule has 1 aliphatic rings. The van der Waals surface area contributed by atoms with Gasteiger partial charge in [-0.25, -0.2) is 8.42 Å². The van der Waals surface area contributed by atoms with E-state index in [2.05, 4.69) is 19.2 Å². The lowest BCUT2D eigenvalue weighted by atomic mass is 9.99. The number of nitrogens with zero attached hydrogens (tertiary/aromatic N) is 1. The smallest absolute Gasteiger partial charge is 0.251 e. The zero-order valence-electron chi connectivity index (χ0n) is 16.7. The van der Waals surface area contributed by atoms with Crippen LogP contribution in [0.1, 0.15) is 55.5 Å². The first-order chi connectivity index (χ1) is 12.9. The molecule has 0 spiro atoms. The van der Waals surface area contributed by atoms with Gasteiger partial charge in [0.1, 0.15) is 0 Å². The number of aryl methyl sites for hydroxylation is 1. The predicted molar refractivity (Wildman–Crippen MR) is 106 cm³/mol. The molecule has 1 N–H and O–H groups in total. The Balaban J connectivity index is 2.12. The molecule has 7 heteroatoms. The molecule has 0 bridgehead atoms. The number of carbonyl (C=O) groups is 1. The van der Waals surface area contributed by atoms with Gasteiger partial charge in [-0.15, -0.1) is 0 Å². The number of hydrogen-bond donors (Lipinski definition) is 1. The second-order valence-corrected chi connectivity index (χ2v) is 9.06. The number of morpholine rings is 1. The van der Waals surface area contributed by atoms with E-state index in [4.69, 9.17) is 4.74 Å². The number of nitrogens with one attached hydrogen (secondary N) is 1. The Bertz CT molecular complexity index is 727. The summed E-state index contributed by atoms with van der Waals surface area (Å²) < 4.78 is 32.3. The third kappa shape index (κ3) is 5.77. The van der Waals surface area contributed by atoms with Gasteiger partial charge in [-0.05, 0) is 37.0 Å². The molecule has 0 aromatic heterocycles. The Kier molecular flexibility index (Phi) is 8.26. The molecule has 0 aliphatic carbocycles. The molecule has 27 heavy (non-hydrogen) atoms. The summed E-state index contributed by atoms with van der Waals surface area (Å²) in [5.41, 5.74) is 1.20. The van der Waals surface area contributed by atoms with E-state index < -0.39 is 10.0 Å². The van der Waals surface area contributed by atoms with Crippen molar-refractivity contribution in [3.63, 3.8) is 0 Å². The lowest BCUT2D eigenvalue weighted by Gasteiger charge is -2.26. The number of hydrogen-bond acceptors (Lipinski definition) is 4. The minimum Gasteiger partial charge on any atom is -0.379 e. The van der Waals surface area contributed by atoms with Gasteiger partial charge in [0.25, 0.3) is 5.91 Å². The van der Waals surface area contributed by atoms with Gasteiger partial charge >= 0.3 is 0 Å². The summed E-state index contributed by atoms with van der Waals surface area (Å²) >= 11 is 0. The highest BCUT2D eigenvalue weighted by Crippen LogP contribution is 2.21. The van der Waals surface area contributed by atoms with Crippen LogP contribution >= 0.6 is 0 Å². The van der Waals surface area contributed by atoms with E-state index in [0.717, 1.165) is 31.2 Å². The molecule has 1 saturated heterocycles. The molecule has 6 nitrogen and oxygen atoms in total. The molecule has 0 unspecified atom stereocenters. The highest BCUT2D eigenvalue weighted by molar-refractivity contribution is 7.89. The fraction of sp³-hybridized carbons (Fsp3) is 0.650.